The summed E-state index contributed by atoms with van der Waals surface area (Å²) >= 11 is 0. The van der Waals surface area contributed by atoms with Crippen molar-refractivity contribution in [3.63, 3.8) is 0 Å². The van der Waals surface area contributed by atoms with Crippen LogP contribution in [0.3, 0.4) is 0 Å². The lowest BCUT2D eigenvalue weighted by molar-refractivity contribution is 0.861. The van der Waals surface area contributed by atoms with Gasteiger partial charge in [0.15, 0.2) is 0 Å². The van der Waals surface area contributed by atoms with Gasteiger partial charge in [-0.25, -0.2) is 9.97 Å². The Hall–Kier alpha value is -5.03. The molecule has 5 heteroatoms. The SMILES string of the molecule is c1ccc2c(c1)NC(c1ccc(-c3ccc4ccc5cccnc5c4n3)cc1)c1c-2nc2ccccn12. The molecule has 37 heavy (non-hydrogen) atoms. The minimum Gasteiger partial charge on any atom is -0.372 e. The van der Waals surface area contributed by atoms with Crippen LogP contribution in [0.5, 0.6) is 0 Å². The topological polar surface area (TPSA) is 55.1 Å². The Kier molecular flexibility index (Phi) is 4.22. The number of anilines is 1. The van der Waals surface area contributed by atoms with Gasteiger partial charge in [-0.05, 0) is 35.9 Å². The molecule has 4 aromatic heterocycles. The summed E-state index contributed by atoms with van der Waals surface area (Å²) in [6.07, 6.45) is 3.92. The molecule has 7 aromatic rings. The lowest BCUT2D eigenvalue weighted by Gasteiger charge is -2.27. The molecule has 1 N–H and O–H groups in total. The van der Waals surface area contributed by atoms with E-state index in [4.69, 9.17) is 9.97 Å². The normalized spacial score (nSPS) is 14.4. The number of nitrogens with one attached hydrogen (secondary N) is 1. The number of fused-ring (bicyclic) bond motifs is 8. The average molecular weight is 476 g/mol. The number of aromatic nitrogens is 4. The maximum absolute atomic E-state index is 5.02. The second kappa shape index (κ2) is 7.73. The molecule has 1 unspecified atom stereocenters. The lowest BCUT2D eigenvalue weighted by Crippen LogP contribution is -2.19. The summed E-state index contributed by atoms with van der Waals surface area (Å²) in [4.78, 5) is 14.6. The van der Waals surface area contributed by atoms with Gasteiger partial charge >= 0.3 is 0 Å². The number of pyridine rings is 3. The highest BCUT2D eigenvalue weighted by Gasteiger charge is 2.30. The number of benzene rings is 3. The molecule has 0 aliphatic carbocycles. The Morgan fingerprint density at radius 3 is 2.41 bits per heavy atom. The molecule has 5 heterocycles. The molecule has 1 atom stereocenters. The van der Waals surface area contributed by atoms with E-state index in [1.165, 1.54) is 5.56 Å². The van der Waals surface area contributed by atoms with E-state index in [9.17, 15) is 0 Å². The van der Waals surface area contributed by atoms with Gasteiger partial charge in [0, 0.05) is 40.0 Å². The van der Waals surface area contributed by atoms with Gasteiger partial charge in [-0.15, -0.1) is 0 Å². The molecule has 0 fully saturated rings. The van der Waals surface area contributed by atoms with Crippen LogP contribution in [0.1, 0.15) is 17.3 Å². The zero-order chi connectivity index (χ0) is 24.3. The first-order valence-electron chi connectivity index (χ1n) is 12.4. The first-order valence-corrected chi connectivity index (χ1v) is 12.4. The summed E-state index contributed by atoms with van der Waals surface area (Å²) in [7, 11) is 0. The summed E-state index contributed by atoms with van der Waals surface area (Å²) in [6, 6.07) is 35.7. The lowest BCUT2D eigenvalue weighted by atomic mass is 9.93. The van der Waals surface area contributed by atoms with E-state index in [-0.39, 0.29) is 6.04 Å². The van der Waals surface area contributed by atoms with Gasteiger partial charge in [0.2, 0.25) is 0 Å². The van der Waals surface area contributed by atoms with Crippen LogP contribution in [0.25, 0.3) is 50.0 Å². The van der Waals surface area contributed by atoms with E-state index in [0.717, 1.165) is 61.3 Å². The van der Waals surface area contributed by atoms with E-state index in [0.29, 0.717) is 0 Å². The molecule has 1 aliphatic heterocycles. The van der Waals surface area contributed by atoms with E-state index in [1.54, 1.807) is 0 Å². The van der Waals surface area contributed by atoms with Crippen LogP contribution in [0.2, 0.25) is 0 Å². The van der Waals surface area contributed by atoms with Crippen molar-refractivity contribution in [1.29, 1.82) is 0 Å². The molecule has 1 aliphatic rings. The quantitative estimate of drug-likeness (QED) is 0.267. The van der Waals surface area contributed by atoms with Crippen molar-refractivity contribution < 1.29 is 0 Å². The summed E-state index contributed by atoms with van der Waals surface area (Å²) in [5.41, 5.74) is 10.4. The molecule has 0 saturated heterocycles. The molecule has 0 radical (unpaired) electrons. The third kappa shape index (κ3) is 3.07. The van der Waals surface area contributed by atoms with Crippen LogP contribution >= 0.6 is 0 Å². The minimum atomic E-state index is -0.0194. The number of hydrogen-bond donors (Lipinski definition) is 1. The fourth-order valence-electron chi connectivity index (χ4n) is 5.50. The van der Waals surface area contributed by atoms with Crippen LogP contribution in [-0.2, 0) is 0 Å². The maximum Gasteiger partial charge on any atom is 0.137 e. The van der Waals surface area contributed by atoms with Crippen LogP contribution < -0.4 is 5.32 Å². The number of imidazole rings is 1. The zero-order valence-electron chi connectivity index (χ0n) is 19.8. The second-order valence-electron chi connectivity index (χ2n) is 9.43. The second-order valence-corrected chi connectivity index (χ2v) is 9.43. The first kappa shape index (κ1) is 20.2. The molecule has 3 aromatic carbocycles. The summed E-state index contributed by atoms with van der Waals surface area (Å²) < 4.78 is 2.19. The highest BCUT2D eigenvalue weighted by Crippen LogP contribution is 2.43. The Labute approximate surface area is 213 Å². The van der Waals surface area contributed by atoms with E-state index < -0.39 is 0 Å². The van der Waals surface area contributed by atoms with Crippen molar-refractivity contribution in [3.8, 4) is 22.5 Å². The monoisotopic (exact) mass is 475 g/mol. The fourth-order valence-corrected chi connectivity index (χ4v) is 5.50. The van der Waals surface area contributed by atoms with Crippen molar-refractivity contribution in [2.45, 2.75) is 6.04 Å². The van der Waals surface area contributed by atoms with Crippen LogP contribution in [-0.4, -0.2) is 19.4 Å². The van der Waals surface area contributed by atoms with Gasteiger partial charge in [-0.2, -0.15) is 0 Å². The minimum absolute atomic E-state index is 0.0194. The Morgan fingerprint density at radius 1 is 0.676 bits per heavy atom. The van der Waals surface area contributed by atoms with Gasteiger partial charge < -0.3 is 9.72 Å². The van der Waals surface area contributed by atoms with Gasteiger partial charge in [0.25, 0.3) is 0 Å². The van der Waals surface area contributed by atoms with Crippen LogP contribution in [0.15, 0.2) is 116 Å². The number of para-hydroxylation sites is 1. The van der Waals surface area contributed by atoms with Gasteiger partial charge in [-0.1, -0.05) is 72.8 Å². The molecule has 0 amide bonds. The largest absolute Gasteiger partial charge is 0.372 e. The molecule has 0 saturated carbocycles. The average Bonchev–Trinajstić information content (AvgIpc) is 3.37. The predicted molar refractivity (Wildman–Crippen MR) is 149 cm³/mol. The number of rotatable bonds is 2. The molecule has 0 bridgehead atoms. The van der Waals surface area contributed by atoms with Gasteiger partial charge in [0.05, 0.1) is 34.2 Å². The molecular formula is C32H21N5. The zero-order valence-corrected chi connectivity index (χ0v) is 19.8. The van der Waals surface area contributed by atoms with Crippen molar-refractivity contribution >= 4 is 33.1 Å². The smallest absolute Gasteiger partial charge is 0.137 e. The summed E-state index contributed by atoms with van der Waals surface area (Å²) in [5, 5.41) is 5.96. The Balaban J connectivity index is 1.24. The predicted octanol–water partition coefficient (Wildman–Crippen LogP) is 7.28. The fraction of sp³-hybridized carbons (Fsp3) is 0.0312. The van der Waals surface area contributed by atoms with Crippen molar-refractivity contribution in [2.75, 3.05) is 5.32 Å². The molecule has 174 valence electrons. The van der Waals surface area contributed by atoms with E-state index in [1.807, 2.05) is 18.3 Å². The summed E-state index contributed by atoms with van der Waals surface area (Å²) in [6.45, 7) is 0. The third-order valence-electron chi connectivity index (χ3n) is 7.29. The van der Waals surface area contributed by atoms with Crippen LogP contribution in [0.4, 0.5) is 5.69 Å². The number of hydrogen-bond acceptors (Lipinski definition) is 4. The van der Waals surface area contributed by atoms with Gasteiger partial charge in [0.1, 0.15) is 5.65 Å². The molecule has 5 nitrogen and oxygen atoms in total. The van der Waals surface area contributed by atoms with Gasteiger partial charge in [-0.3, -0.25) is 4.98 Å². The van der Waals surface area contributed by atoms with E-state index in [2.05, 4.69) is 112 Å². The molecule has 8 rings (SSSR count). The third-order valence-corrected chi connectivity index (χ3v) is 7.29. The number of nitrogens with zero attached hydrogens (tertiary/aromatic N) is 4. The van der Waals surface area contributed by atoms with Crippen molar-refractivity contribution in [1.82, 2.24) is 19.4 Å². The Morgan fingerprint density at radius 2 is 1.49 bits per heavy atom. The Bertz CT molecular complexity index is 1970. The van der Waals surface area contributed by atoms with Crippen molar-refractivity contribution in [2.24, 2.45) is 0 Å². The molecule has 0 spiro atoms. The first-order chi connectivity index (χ1) is 18.3. The highest BCUT2D eigenvalue weighted by molar-refractivity contribution is 6.03. The summed E-state index contributed by atoms with van der Waals surface area (Å²) in [5.74, 6) is 0. The van der Waals surface area contributed by atoms with Crippen LogP contribution in [0, 0.1) is 0 Å². The molecular weight excluding hydrogens is 454 g/mol. The van der Waals surface area contributed by atoms with E-state index >= 15 is 0 Å². The van der Waals surface area contributed by atoms with Crippen molar-refractivity contribution in [3.05, 3.63) is 127 Å². The highest BCUT2D eigenvalue weighted by atomic mass is 15.1. The standard InChI is InChI=1S/C32H21N5/c1-2-8-26-24(7-1)31-32(37-19-4-3-9-27(37)36-31)30(35-26)23-12-10-20(11-13-23)25-17-16-22-15-14-21-6-5-18-33-28(21)29(22)34-25/h1-19,30,35H. The maximum atomic E-state index is 5.02.